The van der Waals surface area contributed by atoms with Crippen molar-refractivity contribution in [1.82, 2.24) is 19.8 Å². The lowest BCUT2D eigenvalue weighted by atomic mass is 9.81. The number of amides is 3. The van der Waals surface area contributed by atoms with Crippen molar-refractivity contribution in [3.8, 4) is 17.0 Å². The summed E-state index contributed by atoms with van der Waals surface area (Å²) in [5, 5.41) is 10.6. The summed E-state index contributed by atoms with van der Waals surface area (Å²) in [5.74, 6) is 0.682. The topological polar surface area (TPSA) is 113 Å². The fourth-order valence-corrected chi connectivity index (χ4v) is 9.22. The molecule has 3 heterocycles. The largest absolute Gasteiger partial charge is 0.497 e. The first-order valence-corrected chi connectivity index (χ1v) is 18.4. The van der Waals surface area contributed by atoms with E-state index >= 15 is 4.79 Å². The molecule has 2 unspecified atom stereocenters. The number of hydrogen-bond donors (Lipinski definition) is 2. The van der Waals surface area contributed by atoms with E-state index in [0.29, 0.717) is 50.5 Å². The van der Waals surface area contributed by atoms with Gasteiger partial charge in [-0.1, -0.05) is 62.6 Å². The van der Waals surface area contributed by atoms with Crippen molar-refractivity contribution in [1.29, 1.82) is 0 Å². The van der Waals surface area contributed by atoms with Crippen molar-refractivity contribution in [2.24, 2.45) is 5.41 Å². The zero-order valence-electron chi connectivity index (χ0n) is 29.4. The van der Waals surface area contributed by atoms with Crippen molar-refractivity contribution < 1.29 is 29.1 Å². The molecule has 0 bridgehead atoms. The van der Waals surface area contributed by atoms with Gasteiger partial charge in [0.2, 0.25) is 5.91 Å². The third kappa shape index (κ3) is 5.73. The second kappa shape index (κ2) is 13.4. The number of piperazine rings is 1. The fraction of sp³-hybridized carbons (Fsp3) is 0.439. The lowest BCUT2D eigenvalue weighted by Crippen LogP contribution is -2.58. The summed E-state index contributed by atoms with van der Waals surface area (Å²) in [6.07, 6.45) is 6.83. The second-order valence-corrected chi connectivity index (χ2v) is 14.8. The van der Waals surface area contributed by atoms with Crippen molar-refractivity contribution >= 4 is 28.8 Å². The van der Waals surface area contributed by atoms with Gasteiger partial charge in [0.05, 0.1) is 18.2 Å². The predicted molar refractivity (Wildman–Crippen MR) is 193 cm³/mol. The molecular formula is C41H46N4O6. The number of nitrogens with zero attached hydrogens (tertiary/aromatic N) is 3. The second-order valence-electron chi connectivity index (χ2n) is 14.8. The van der Waals surface area contributed by atoms with Gasteiger partial charge in [-0.3, -0.25) is 14.8 Å². The smallest absolute Gasteiger partial charge is 0.410 e. The summed E-state index contributed by atoms with van der Waals surface area (Å²) in [6, 6.07) is 21.5. The first-order chi connectivity index (χ1) is 24.9. The van der Waals surface area contributed by atoms with Crippen LogP contribution >= 0.6 is 0 Å². The molecule has 4 aliphatic rings. The molecule has 3 fully saturated rings. The van der Waals surface area contributed by atoms with Crippen molar-refractivity contribution in [2.75, 3.05) is 26.7 Å². The van der Waals surface area contributed by atoms with E-state index in [1.54, 1.807) is 23.6 Å². The van der Waals surface area contributed by atoms with Crippen LogP contribution in [0.5, 0.6) is 5.75 Å². The fourth-order valence-electron chi connectivity index (χ4n) is 9.22. The molecule has 1 saturated heterocycles. The van der Waals surface area contributed by atoms with E-state index in [2.05, 4.69) is 23.6 Å². The quantitative estimate of drug-likeness (QED) is 0.156. The van der Waals surface area contributed by atoms with Gasteiger partial charge in [0.25, 0.3) is 5.91 Å². The zero-order chi connectivity index (χ0) is 35.3. The SMILES string of the molecule is CC[C@H]1CN(C(=O)OCc2ccccc2)CCN1C(=O)C12CC1c1cc(OC)ccc1-c1c(C3CCCCC3)c3ccc(C(=O)NO)cc3n1C2. The molecular weight excluding hydrogens is 644 g/mol. The Morgan fingerprint density at radius 2 is 1.78 bits per heavy atom. The summed E-state index contributed by atoms with van der Waals surface area (Å²) in [4.78, 5) is 44.7. The Morgan fingerprint density at radius 1 is 0.980 bits per heavy atom. The first kappa shape index (κ1) is 33.3. The first-order valence-electron chi connectivity index (χ1n) is 18.4. The highest BCUT2D eigenvalue weighted by molar-refractivity contribution is 6.01. The van der Waals surface area contributed by atoms with Crippen molar-refractivity contribution in [3.05, 3.63) is 89.0 Å². The number of nitrogens with one attached hydrogen (secondary N) is 1. The van der Waals surface area contributed by atoms with E-state index in [1.165, 1.54) is 24.8 Å². The highest BCUT2D eigenvalue weighted by Crippen LogP contribution is 2.66. The van der Waals surface area contributed by atoms with Gasteiger partial charge >= 0.3 is 6.09 Å². The number of carbonyl (C=O) groups excluding carboxylic acids is 3. The third-order valence-electron chi connectivity index (χ3n) is 12.0. The van der Waals surface area contributed by atoms with Crippen LogP contribution in [0.4, 0.5) is 4.79 Å². The number of carbonyl (C=O) groups is 3. The molecule has 2 aliphatic carbocycles. The van der Waals surface area contributed by atoms with Crippen LogP contribution in [-0.4, -0.2) is 70.3 Å². The maximum Gasteiger partial charge on any atom is 0.410 e. The van der Waals surface area contributed by atoms with Gasteiger partial charge in [-0.15, -0.1) is 0 Å². The Kier molecular flexibility index (Phi) is 8.74. The molecule has 2 saturated carbocycles. The zero-order valence-corrected chi connectivity index (χ0v) is 29.4. The molecule has 3 aromatic carbocycles. The molecule has 10 heteroatoms. The monoisotopic (exact) mass is 690 g/mol. The van der Waals surface area contributed by atoms with E-state index < -0.39 is 11.3 Å². The molecule has 1 aromatic heterocycles. The number of methoxy groups -OCH3 is 1. The number of hydrogen-bond acceptors (Lipinski definition) is 6. The molecule has 266 valence electrons. The lowest BCUT2D eigenvalue weighted by molar-refractivity contribution is -0.142. The minimum Gasteiger partial charge on any atom is -0.497 e. The Morgan fingerprint density at radius 3 is 2.53 bits per heavy atom. The highest BCUT2D eigenvalue weighted by Gasteiger charge is 2.64. The standard InChI is InChI=1S/C41H46N4O6/c1-3-29-23-43(40(48)51-24-26-10-6-4-7-11-26)18-19-44(29)39(47)41-22-34(41)33-21-30(50-2)15-17-31(33)37-36(27-12-8-5-9-13-27)32-16-14-28(38(46)42-49)20-35(32)45(37)25-41/h4,6-7,10-11,14-17,20-21,27,29,34,49H,3,5,8-9,12-13,18-19,22-25H2,1-2H3,(H,42,46)/t29-,34?,41?/m0/s1. The molecule has 8 rings (SSSR count). The number of rotatable bonds is 7. The van der Waals surface area contributed by atoms with Crippen molar-refractivity contribution in [3.63, 3.8) is 0 Å². The summed E-state index contributed by atoms with van der Waals surface area (Å²) in [7, 11) is 1.68. The number of benzene rings is 3. The Hall–Kier alpha value is -4.83. The maximum absolute atomic E-state index is 15.1. The minimum absolute atomic E-state index is 0.000415. The molecule has 0 spiro atoms. The molecule has 2 aliphatic heterocycles. The average Bonchev–Trinajstić information content (AvgIpc) is 3.86. The van der Waals surface area contributed by atoms with E-state index in [-0.39, 0.29) is 30.6 Å². The van der Waals surface area contributed by atoms with Gasteiger partial charge in [0.15, 0.2) is 0 Å². The lowest BCUT2D eigenvalue weighted by Gasteiger charge is -2.42. The number of ether oxygens (including phenoxy) is 2. The summed E-state index contributed by atoms with van der Waals surface area (Å²) in [5.41, 5.74) is 8.00. The van der Waals surface area contributed by atoms with Gasteiger partial charge in [-0.2, -0.15) is 0 Å². The van der Waals surface area contributed by atoms with E-state index in [9.17, 15) is 14.8 Å². The molecule has 0 radical (unpaired) electrons. The summed E-state index contributed by atoms with van der Waals surface area (Å²) < 4.78 is 13.7. The number of fused-ring (bicyclic) bond motifs is 7. The van der Waals surface area contributed by atoms with Gasteiger partial charge < -0.3 is 23.8 Å². The van der Waals surface area contributed by atoms with Crippen LogP contribution in [0.3, 0.4) is 0 Å². The predicted octanol–water partition coefficient (Wildman–Crippen LogP) is 7.23. The molecule has 10 nitrogen and oxygen atoms in total. The Labute approximate surface area is 298 Å². The maximum atomic E-state index is 15.1. The van der Waals surface area contributed by atoms with Crippen LogP contribution in [0.1, 0.15) is 90.8 Å². The van der Waals surface area contributed by atoms with Gasteiger partial charge in [0, 0.05) is 60.2 Å². The molecule has 2 N–H and O–H groups in total. The molecule has 4 aromatic rings. The third-order valence-corrected chi connectivity index (χ3v) is 12.0. The summed E-state index contributed by atoms with van der Waals surface area (Å²) >= 11 is 0. The molecule has 51 heavy (non-hydrogen) atoms. The molecule has 3 amide bonds. The van der Waals surface area contributed by atoms with Gasteiger partial charge in [-0.05, 0) is 78.6 Å². The number of hydroxylamine groups is 1. The van der Waals surface area contributed by atoms with Crippen LogP contribution in [0.2, 0.25) is 0 Å². The van der Waals surface area contributed by atoms with Crippen molar-refractivity contribution in [2.45, 2.75) is 82.9 Å². The summed E-state index contributed by atoms with van der Waals surface area (Å²) in [6.45, 7) is 4.02. The van der Waals surface area contributed by atoms with Gasteiger partial charge in [0.1, 0.15) is 12.4 Å². The minimum atomic E-state index is -0.694. The van der Waals surface area contributed by atoms with Crippen LogP contribution in [-0.2, 0) is 22.7 Å². The van der Waals surface area contributed by atoms with E-state index in [0.717, 1.165) is 51.9 Å². The highest BCUT2D eigenvalue weighted by atomic mass is 16.6. The van der Waals surface area contributed by atoms with Crippen LogP contribution < -0.4 is 10.2 Å². The Bertz CT molecular complexity index is 1980. The molecule has 3 atom stereocenters. The van der Waals surface area contributed by atoms with Gasteiger partial charge in [-0.25, -0.2) is 10.3 Å². The van der Waals surface area contributed by atoms with E-state index in [4.69, 9.17) is 9.47 Å². The number of aromatic nitrogens is 1. The van der Waals surface area contributed by atoms with E-state index in [1.807, 2.05) is 53.4 Å². The average molecular weight is 691 g/mol. The Balaban J connectivity index is 1.17. The van der Waals surface area contributed by atoms with Crippen LogP contribution in [0.25, 0.3) is 22.2 Å². The van der Waals surface area contributed by atoms with Crippen LogP contribution in [0, 0.1) is 5.41 Å². The van der Waals surface area contributed by atoms with Crippen LogP contribution in [0.15, 0.2) is 66.7 Å². The normalized spacial score (nSPS) is 22.7.